The van der Waals surface area contributed by atoms with E-state index in [4.69, 9.17) is 4.74 Å². The fraction of sp³-hybridized carbons (Fsp3) is 0.364. The lowest BCUT2D eigenvalue weighted by atomic mass is 10.1. The van der Waals surface area contributed by atoms with Crippen molar-refractivity contribution in [1.29, 1.82) is 0 Å². The normalized spacial score (nSPS) is 13.2. The van der Waals surface area contributed by atoms with E-state index < -0.39 is 34.4 Å². The average molecular weight is 462 g/mol. The Bertz CT molecular complexity index is 1130. The molecule has 2 amide bonds. The number of carbonyl (C=O) groups excluding carboxylic acids is 3. The number of rotatable bonds is 9. The monoisotopic (exact) mass is 462 g/mol. The molecule has 9 nitrogen and oxygen atoms in total. The van der Waals surface area contributed by atoms with Gasteiger partial charge in [-0.25, -0.2) is 8.78 Å². The molecule has 176 valence electrons. The molecule has 0 bridgehead atoms. The van der Waals surface area contributed by atoms with Crippen LogP contribution < -0.4 is 15.8 Å². The highest BCUT2D eigenvalue weighted by Crippen LogP contribution is 2.17. The number of amides is 2. The maximum absolute atomic E-state index is 13.9. The van der Waals surface area contributed by atoms with Crippen LogP contribution >= 0.6 is 0 Å². The molecule has 0 unspecified atom stereocenters. The van der Waals surface area contributed by atoms with E-state index in [1.807, 2.05) is 6.92 Å². The third-order valence-corrected chi connectivity index (χ3v) is 5.31. The molecule has 0 fully saturated rings. The average Bonchev–Trinajstić information content (AvgIpc) is 2.79. The Morgan fingerprint density at radius 3 is 2.67 bits per heavy atom. The number of ether oxygens (including phenoxy) is 1. The number of carbonyl (C=O) groups is 3. The summed E-state index contributed by atoms with van der Waals surface area (Å²) in [5.74, 6) is -2.96. The first-order valence-corrected chi connectivity index (χ1v) is 10.3. The fourth-order valence-electron chi connectivity index (χ4n) is 3.57. The molecule has 33 heavy (non-hydrogen) atoms. The minimum atomic E-state index is -0.906. The second-order valence-corrected chi connectivity index (χ2v) is 7.39. The first-order chi connectivity index (χ1) is 15.8. The van der Waals surface area contributed by atoms with E-state index in [2.05, 4.69) is 5.32 Å². The Morgan fingerprint density at radius 2 is 2.03 bits per heavy atom. The van der Waals surface area contributed by atoms with Gasteiger partial charge in [0.25, 0.3) is 11.8 Å². The van der Waals surface area contributed by atoms with Gasteiger partial charge in [0.2, 0.25) is 5.43 Å². The Hall–Kier alpha value is -3.60. The van der Waals surface area contributed by atoms with E-state index in [0.29, 0.717) is 32.2 Å². The molecule has 0 saturated carbocycles. The van der Waals surface area contributed by atoms with Gasteiger partial charge in [0.15, 0.2) is 6.29 Å². The Balaban J connectivity index is 1.94. The summed E-state index contributed by atoms with van der Waals surface area (Å²) in [7, 11) is 1.55. The second-order valence-electron chi connectivity index (χ2n) is 7.39. The van der Waals surface area contributed by atoms with Crippen LogP contribution in [0.4, 0.5) is 8.78 Å². The molecule has 0 saturated heterocycles. The SMILES string of the molecule is CCN1CN(CCCOC)C(=O)c2c(C=O)c(=O)c(C(=O)NCc3ccc(F)cc3F)cn21. The van der Waals surface area contributed by atoms with Crippen LogP contribution in [0.3, 0.4) is 0 Å². The fourth-order valence-corrected chi connectivity index (χ4v) is 3.57. The lowest BCUT2D eigenvalue weighted by Gasteiger charge is -2.39. The minimum Gasteiger partial charge on any atom is -0.385 e. The summed E-state index contributed by atoms with van der Waals surface area (Å²) in [6.07, 6.45) is 2.03. The van der Waals surface area contributed by atoms with Gasteiger partial charge < -0.3 is 15.0 Å². The number of aldehydes is 1. The Labute approximate surface area is 188 Å². The van der Waals surface area contributed by atoms with Crippen LogP contribution in [0.1, 0.15) is 50.1 Å². The van der Waals surface area contributed by atoms with Crippen LogP contribution in [-0.2, 0) is 11.3 Å². The molecular weight excluding hydrogens is 438 g/mol. The molecular formula is C22H24F2N4O5. The quantitative estimate of drug-likeness (QED) is 0.445. The number of aromatic nitrogens is 1. The first kappa shape index (κ1) is 24.1. The van der Waals surface area contributed by atoms with E-state index in [9.17, 15) is 28.0 Å². The Kier molecular flexibility index (Phi) is 7.54. The van der Waals surface area contributed by atoms with Gasteiger partial charge in [-0.1, -0.05) is 6.07 Å². The van der Waals surface area contributed by atoms with Gasteiger partial charge in [-0.2, -0.15) is 0 Å². The van der Waals surface area contributed by atoms with E-state index in [-0.39, 0.29) is 36.3 Å². The standard InChI is InChI=1S/C22H24F2N4O5/c1-3-27-13-26(7-4-8-33-2)22(32)19-17(12-29)20(30)16(11-28(19)27)21(31)25-10-14-5-6-15(23)9-18(14)24/h5-6,9,11-12H,3-4,7-8,10,13H2,1-2H3,(H,25,31). The van der Waals surface area contributed by atoms with E-state index in [1.54, 1.807) is 12.1 Å². The molecule has 3 rings (SSSR count). The van der Waals surface area contributed by atoms with Gasteiger partial charge in [-0.3, -0.25) is 28.9 Å². The zero-order chi connectivity index (χ0) is 24.1. The van der Waals surface area contributed by atoms with Crippen LogP contribution in [0.2, 0.25) is 0 Å². The zero-order valence-electron chi connectivity index (χ0n) is 18.3. The molecule has 1 N–H and O–H groups in total. The predicted molar refractivity (Wildman–Crippen MR) is 115 cm³/mol. The van der Waals surface area contributed by atoms with Gasteiger partial charge in [0.05, 0.1) is 5.56 Å². The van der Waals surface area contributed by atoms with Gasteiger partial charge >= 0.3 is 0 Å². The van der Waals surface area contributed by atoms with Crippen molar-refractivity contribution in [3.63, 3.8) is 0 Å². The second kappa shape index (κ2) is 10.3. The number of nitrogens with zero attached hydrogens (tertiary/aromatic N) is 3. The van der Waals surface area contributed by atoms with Gasteiger partial charge in [-0.05, 0) is 19.4 Å². The maximum atomic E-state index is 13.9. The van der Waals surface area contributed by atoms with Gasteiger partial charge in [0.1, 0.15) is 29.6 Å². The molecule has 1 aliphatic rings. The highest BCUT2D eigenvalue weighted by atomic mass is 19.1. The molecule has 1 aromatic carbocycles. The van der Waals surface area contributed by atoms with Crippen LogP contribution in [0.5, 0.6) is 0 Å². The van der Waals surface area contributed by atoms with Crippen molar-refractivity contribution in [2.75, 3.05) is 38.5 Å². The van der Waals surface area contributed by atoms with Crippen molar-refractivity contribution in [2.24, 2.45) is 0 Å². The van der Waals surface area contributed by atoms with Crippen LogP contribution in [0.25, 0.3) is 0 Å². The Morgan fingerprint density at radius 1 is 1.27 bits per heavy atom. The highest BCUT2D eigenvalue weighted by molar-refractivity contribution is 6.03. The molecule has 11 heteroatoms. The number of nitrogens with one attached hydrogen (secondary N) is 1. The van der Waals surface area contributed by atoms with Gasteiger partial charge in [0, 0.05) is 51.2 Å². The maximum Gasteiger partial charge on any atom is 0.274 e. The molecule has 0 atom stereocenters. The van der Waals surface area contributed by atoms with Crippen molar-refractivity contribution >= 4 is 18.1 Å². The summed E-state index contributed by atoms with van der Waals surface area (Å²) in [5, 5.41) is 4.10. The molecule has 1 aliphatic heterocycles. The summed E-state index contributed by atoms with van der Waals surface area (Å²) in [4.78, 5) is 52.0. The first-order valence-electron chi connectivity index (χ1n) is 10.3. The summed E-state index contributed by atoms with van der Waals surface area (Å²) in [6.45, 7) is 2.94. The highest BCUT2D eigenvalue weighted by Gasteiger charge is 2.33. The number of fused-ring (bicyclic) bond motifs is 1. The number of pyridine rings is 1. The summed E-state index contributed by atoms with van der Waals surface area (Å²) >= 11 is 0. The molecule has 2 heterocycles. The topological polar surface area (TPSA) is 101 Å². The molecule has 0 radical (unpaired) electrons. The summed E-state index contributed by atoms with van der Waals surface area (Å²) < 4.78 is 33.3. The van der Waals surface area contributed by atoms with Crippen molar-refractivity contribution in [2.45, 2.75) is 19.9 Å². The number of halogens is 2. The largest absolute Gasteiger partial charge is 0.385 e. The summed E-state index contributed by atoms with van der Waals surface area (Å²) in [5.41, 5.74) is -1.81. The molecule has 0 aliphatic carbocycles. The molecule has 2 aromatic rings. The summed E-state index contributed by atoms with van der Waals surface area (Å²) in [6, 6.07) is 2.91. The number of hydrogen-bond donors (Lipinski definition) is 1. The third-order valence-electron chi connectivity index (χ3n) is 5.31. The number of methoxy groups -OCH3 is 1. The van der Waals surface area contributed by atoms with E-state index >= 15 is 0 Å². The van der Waals surface area contributed by atoms with Crippen molar-refractivity contribution in [3.05, 3.63) is 68.6 Å². The van der Waals surface area contributed by atoms with Crippen molar-refractivity contribution in [1.82, 2.24) is 14.9 Å². The van der Waals surface area contributed by atoms with E-state index in [1.165, 1.54) is 21.8 Å². The molecule has 1 aromatic heterocycles. The lowest BCUT2D eigenvalue weighted by Crippen LogP contribution is -2.55. The van der Waals surface area contributed by atoms with E-state index in [0.717, 1.165) is 6.07 Å². The number of hydrogen-bond acceptors (Lipinski definition) is 6. The third kappa shape index (κ3) is 4.92. The predicted octanol–water partition coefficient (Wildman–Crippen LogP) is 1.28. The van der Waals surface area contributed by atoms with Crippen LogP contribution in [0.15, 0.2) is 29.2 Å². The van der Waals surface area contributed by atoms with Gasteiger partial charge in [-0.15, -0.1) is 0 Å². The zero-order valence-corrected chi connectivity index (χ0v) is 18.3. The number of benzene rings is 1. The van der Waals surface area contributed by atoms with Crippen molar-refractivity contribution in [3.8, 4) is 0 Å². The van der Waals surface area contributed by atoms with Crippen LogP contribution in [0, 0.1) is 11.6 Å². The minimum absolute atomic E-state index is 0.0236. The van der Waals surface area contributed by atoms with Crippen molar-refractivity contribution < 1.29 is 27.9 Å². The lowest BCUT2D eigenvalue weighted by molar-refractivity contribution is 0.0669. The molecule has 0 spiro atoms. The smallest absolute Gasteiger partial charge is 0.274 e. The van der Waals surface area contributed by atoms with Crippen LogP contribution in [-0.4, -0.2) is 61.2 Å².